The van der Waals surface area contributed by atoms with Crippen molar-refractivity contribution in [3.8, 4) is 0 Å². The molecule has 2 heterocycles. The monoisotopic (exact) mass is 344 g/mol. The van der Waals surface area contributed by atoms with Gasteiger partial charge in [0.1, 0.15) is 17.6 Å². The zero-order chi connectivity index (χ0) is 18.1. The van der Waals surface area contributed by atoms with E-state index in [-0.39, 0.29) is 5.92 Å². The molecule has 0 saturated carbocycles. The highest BCUT2D eigenvalue weighted by atomic mass is 16.4. The van der Waals surface area contributed by atoms with Gasteiger partial charge in [-0.15, -0.1) is 5.10 Å². The summed E-state index contributed by atoms with van der Waals surface area (Å²) in [4.78, 5) is 38.5. The van der Waals surface area contributed by atoms with Crippen molar-refractivity contribution < 1.29 is 14.7 Å². The molecule has 1 fully saturated rings. The third-order valence-corrected chi connectivity index (χ3v) is 4.56. The Labute approximate surface area is 144 Å². The number of carbonyl (C=O) groups is 2. The average Bonchev–Trinajstić information content (AvgIpc) is 3.07. The van der Waals surface area contributed by atoms with E-state index in [1.807, 2.05) is 0 Å². The molecule has 0 aliphatic carbocycles. The highest BCUT2D eigenvalue weighted by Gasteiger charge is 2.39. The zero-order valence-electron chi connectivity index (χ0n) is 14.1. The van der Waals surface area contributed by atoms with Crippen LogP contribution in [0.5, 0.6) is 0 Å². The van der Waals surface area contributed by atoms with Crippen LogP contribution in [0.1, 0.15) is 32.7 Å². The number of aliphatic carboxylic acids is 1. The number of carboxylic acid groups (broad SMARTS) is 1. The summed E-state index contributed by atoms with van der Waals surface area (Å²) < 4.78 is 1.09. The lowest BCUT2D eigenvalue weighted by Crippen LogP contribution is -2.47. The Morgan fingerprint density at radius 3 is 2.68 bits per heavy atom. The molecule has 1 aliphatic rings. The van der Waals surface area contributed by atoms with Crippen LogP contribution in [0, 0.1) is 5.92 Å². The fraction of sp³-hybridized carbons (Fsp3) is 0.471. The van der Waals surface area contributed by atoms with Gasteiger partial charge in [0.15, 0.2) is 0 Å². The van der Waals surface area contributed by atoms with Crippen LogP contribution < -0.4 is 5.56 Å². The Morgan fingerprint density at radius 1 is 1.28 bits per heavy atom. The minimum Gasteiger partial charge on any atom is -0.480 e. The predicted molar refractivity (Wildman–Crippen MR) is 90.0 cm³/mol. The van der Waals surface area contributed by atoms with Crippen molar-refractivity contribution in [3.63, 3.8) is 0 Å². The molecule has 8 heteroatoms. The lowest BCUT2D eigenvalue weighted by molar-refractivity contribution is -0.150. The maximum atomic E-state index is 13.0. The number of rotatable bonds is 4. The van der Waals surface area contributed by atoms with Gasteiger partial charge in [0.2, 0.25) is 5.91 Å². The third kappa shape index (κ3) is 2.99. The van der Waals surface area contributed by atoms with Gasteiger partial charge in [0.25, 0.3) is 5.56 Å². The summed E-state index contributed by atoms with van der Waals surface area (Å²) in [7, 11) is 0. The zero-order valence-corrected chi connectivity index (χ0v) is 14.1. The molecule has 25 heavy (non-hydrogen) atoms. The molecule has 2 aromatic rings. The first-order chi connectivity index (χ1) is 11.9. The van der Waals surface area contributed by atoms with Gasteiger partial charge >= 0.3 is 5.97 Å². The Bertz CT molecular complexity index is 876. The number of benzene rings is 1. The fourth-order valence-electron chi connectivity index (χ4n) is 3.31. The van der Waals surface area contributed by atoms with Crippen molar-refractivity contribution >= 4 is 22.8 Å². The molecule has 8 nitrogen and oxygen atoms in total. The van der Waals surface area contributed by atoms with E-state index in [1.54, 1.807) is 38.1 Å². The molecule has 132 valence electrons. The van der Waals surface area contributed by atoms with Gasteiger partial charge in [0, 0.05) is 6.54 Å². The van der Waals surface area contributed by atoms with E-state index in [0.29, 0.717) is 30.3 Å². The van der Waals surface area contributed by atoms with E-state index < -0.39 is 29.5 Å². The van der Waals surface area contributed by atoms with E-state index in [2.05, 4.69) is 10.3 Å². The van der Waals surface area contributed by atoms with E-state index >= 15 is 0 Å². The van der Waals surface area contributed by atoms with Crippen LogP contribution in [0.4, 0.5) is 0 Å². The molecule has 0 bridgehead atoms. The second kappa shape index (κ2) is 6.62. The normalized spacial score (nSPS) is 18.7. The fourth-order valence-corrected chi connectivity index (χ4v) is 3.31. The van der Waals surface area contributed by atoms with E-state index in [1.165, 1.54) is 4.90 Å². The average molecular weight is 344 g/mol. The molecule has 1 aromatic heterocycles. The second-order valence-corrected chi connectivity index (χ2v) is 6.57. The van der Waals surface area contributed by atoms with Crippen LogP contribution in [0.25, 0.3) is 10.9 Å². The van der Waals surface area contributed by atoms with Gasteiger partial charge in [-0.1, -0.05) is 31.2 Å². The van der Waals surface area contributed by atoms with Crippen LogP contribution in [0.15, 0.2) is 29.1 Å². The van der Waals surface area contributed by atoms with Crippen LogP contribution in [-0.4, -0.2) is 49.5 Å². The van der Waals surface area contributed by atoms with Crippen molar-refractivity contribution in [2.24, 2.45) is 5.92 Å². The third-order valence-electron chi connectivity index (χ3n) is 4.56. The number of hydrogen-bond donors (Lipinski definition) is 1. The molecule has 2 unspecified atom stereocenters. The van der Waals surface area contributed by atoms with Crippen LogP contribution >= 0.6 is 0 Å². The Hall–Kier alpha value is -2.77. The number of carbonyl (C=O) groups excluding carboxylic acids is 1. The molecule has 3 rings (SSSR count). The summed E-state index contributed by atoms with van der Waals surface area (Å²) in [5, 5.41) is 17.7. The van der Waals surface area contributed by atoms with Crippen LogP contribution in [-0.2, 0) is 9.59 Å². The summed E-state index contributed by atoms with van der Waals surface area (Å²) in [5.74, 6) is -1.66. The molecular formula is C17H20N4O4. The number of hydrogen-bond acceptors (Lipinski definition) is 5. The standard InChI is InChI=1S/C17H20N4O4/c1-10(2)14(16(23)20-9-5-8-13(20)17(24)25)21-15(22)11-6-3-4-7-12(11)18-19-21/h3-4,6-7,10,13-14H,5,8-9H2,1-2H3,(H,24,25). The van der Waals surface area contributed by atoms with Gasteiger partial charge in [-0.3, -0.25) is 9.59 Å². The van der Waals surface area contributed by atoms with Gasteiger partial charge in [0.05, 0.1) is 5.39 Å². The molecule has 0 radical (unpaired) electrons. The summed E-state index contributed by atoms with van der Waals surface area (Å²) in [6, 6.07) is 5.07. The molecule has 1 aliphatic heterocycles. The number of likely N-dealkylation sites (tertiary alicyclic amines) is 1. The first-order valence-corrected chi connectivity index (χ1v) is 8.29. The first kappa shape index (κ1) is 17.1. The molecule has 1 aromatic carbocycles. The maximum absolute atomic E-state index is 13.0. The largest absolute Gasteiger partial charge is 0.480 e. The van der Waals surface area contributed by atoms with Crippen molar-refractivity contribution in [3.05, 3.63) is 34.6 Å². The molecule has 0 spiro atoms. The minimum absolute atomic E-state index is 0.240. The molecule has 1 amide bonds. The number of carboxylic acids is 1. The molecule has 2 atom stereocenters. The van der Waals surface area contributed by atoms with Crippen molar-refractivity contribution in [2.45, 2.75) is 38.8 Å². The smallest absolute Gasteiger partial charge is 0.326 e. The SMILES string of the molecule is CC(C)C(C(=O)N1CCCC1C(=O)O)n1nnc2ccccc2c1=O. The van der Waals surface area contributed by atoms with Crippen molar-refractivity contribution in [2.75, 3.05) is 6.54 Å². The molecular weight excluding hydrogens is 324 g/mol. The first-order valence-electron chi connectivity index (χ1n) is 8.29. The Morgan fingerprint density at radius 2 is 2.00 bits per heavy atom. The topological polar surface area (TPSA) is 105 Å². The van der Waals surface area contributed by atoms with Crippen LogP contribution in [0.3, 0.4) is 0 Å². The van der Waals surface area contributed by atoms with Gasteiger partial charge < -0.3 is 10.0 Å². The lowest BCUT2D eigenvalue weighted by Gasteiger charge is -2.28. The van der Waals surface area contributed by atoms with E-state index in [4.69, 9.17) is 0 Å². The second-order valence-electron chi connectivity index (χ2n) is 6.57. The van der Waals surface area contributed by atoms with Gasteiger partial charge in [-0.25, -0.2) is 4.79 Å². The van der Waals surface area contributed by atoms with Crippen molar-refractivity contribution in [1.82, 2.24) is 19.9 Å². The van der Waals surface area contributed by atoms with Crippen LogP contribution in [0.2, 0.25) is 0 Å². The highest BCUT2D eigenvalue weighted by Crippen LogP contribution is 2.25. The summed E-state index contributed by atoms with van der Waals surface area (Å²) in [6.07, 6.45) is 1.05. The maximum Gasteiger partial charge on any atom is 0.326 e. The van der Waals surface area contributed by atoms with E-state index in [9.17, 15) is 19.5 Å². The predicted octanol–water partition coefficient (Wildman–Crippen LogP) is 1.06. The van der Waals surface area contributed by atoms with Gasteiger partial charge in [-0.05, 0) is 30.9 Å². The summed E-state index contributed by atoms with van der Waals surface area (Å²) in [6.45, 7) is 3.98. The minimum atomic E-state index is -1.02. The Balaban J connectivity index is 2.05. The highest BCUT2D eigenvalue weighted by molar-refractivity contribution is 5.87. The van der Waals surface area contributed by atoms with E-state index in [0.717, 1.165) is 4.68 Å². The van der Waals surface area contributed by atoms with Gasteiger partial charge in [-0.2, -0.15) is 4.68 Å². The lowest BCUT2D eigenvalue weighted by atomic mass is 10.0. The summed E-state index contributed by atoms with van der Waals surface area (Å²) >= 11 is 0. The number of fused-ring (bicyclic) bond motifs is 1. The molecule has 1 N–H and O–H groups in total. The van der Waals surface area contributed by atoms with Crippen molar-refractivity contribution in [1.29, 1.82) is 0 Å². The summed E-state index contributed by atoms with van der Waals surface area (Å²) in [5.41, 5.74) is 0.0620. The number of aromatic nitrogens is 3. The number of amides is 1. The quantitative estimate of drug-likeness (QED) is 0.889. The Kier molecular flexibility index (Phi) is 4.52. The number of nitrogens with zero attached hydrogens (tertiary/aromatic N) is 4. The molecule has 1 saturated heterocycles.